The van der Waals surface area contributed by atoms with Gasteiger partial charge in [-0.1, -0.05) is 40.8 Å². The molecular weight excluding hydrogens is 297 g/mol. The third-order valence-corrected chi connectivity index (χ3v) is 4.20. The van der Waals surface area contributed by atoms with Crippen LogP contribution in [0.4, 0.5) is 0 Å². The summed E-state index contributed by atoms with van der Waals surface area (Å²) in [4.78, 5) is 4.45. The zero-order chi connectivity index (χ0) is 13.9. The predicted molar refractivity (Wildman–Crippen MR) is 78.2 cm³/mol. The molecule has 1 atom stereocenters. The van der Waals surface area contributed by atoms with Gasteiger partial charge in [-0.3, -0.25) is 0 Å². The Morgan fingerprint density at radius 3 is 2.75 bits per heavy atom. The molecule has 2 aromatic rings. The summed E-state index contributed by atoms with van der Waals surface area (Å²) in [7, 11) is 0. The Kier molecular flexibility index (Phi) is 4.24. The van der Waals surface area contributed by atoms with Crippen molar-refractivity contribution in [3.63, 3.8) is 0 Å². The fourth-order valence-electron chi connectivity index (χ4n) is 2.40. The maximum atomic E-state index is 6.15. The summed E-state index contributed by atoms with van der Waals surface area (Å²) >= 11 is 12.3. The van der Waals surface area contributed by atoms with Crippen molar-refractivity contribution in [2.24, 2.45) is 0 Å². The van der Waals surface area contributed by atoms with E-state index in [0.717, 1.165) is 18.5 Å². The van der Waals surface area contributed by atoms with Crippen molar-refractivity contribution in [3.8, 4) is 0 Å². The number of aromatic nitrogens is 2. The van der Waals surface area contributed by atoms with Crippen LogP contribution in [0.1, 0.15) is 42.6 Å². The monoisotopic (exact) mass is 311 g/mol. The molecule has 1 saturated heterocycles. The van der Waals surface area contributed by atoms with Gasteiger partial charge in [0.05, 0.1) is 6.04 Å². The van der Waals surface area contributed by atoms with Crippen LogP contribution in [0.3, 0.4) is 0 Å². The third-order valence-electron chi connectivity index (χ3n) is 3.49. The van der Waals surface area contributed by atoms with Crippen LogP contribution in [-0.4, -0.2) is 16.7 Å². The van der Waals surface area contributed by atoms with E-state index in [0.29, 0.717) is 28.2 Å². The highest BCUT2D eigenvalue weighted by Gasteiger charge is 2.21. The number of piperidine rings is 1. The highest BCUT2D eigenvalue weighted by molar-refractivity contribution is 6.36. The van der Waals surface area contributed by atoms with E-state index in [1.54, 1.807) is 0 Å². The molecule has 1 aliphatic heterocycles. The zero-order valence-corrected chi connectivity index (χ0v) is 12.4. The smallest absolute Gasteiger partial charge is 0.243 e. The van der Waals surface area contributed by atoms with Crippen molar-refractivity contribution in [2.75, 3.05) is 6.54 Å². The molecule has 1 aromatic carbocycles. The van der Waals surface area contributed by atoms with Crippen LogP contribution in [0.15, 0.2) is 22.7 Å². The Morgan fingerprint density at radius 2 is 2.05 bits per heavy atom. The van der Waals surface area contributed by atoms with Gasteiger partial charge in [-0.15, -0.1) is 0 Å². The summed E-state index contributed by atoms with van der Waals surface area (Å²) in [5.41, 5.74) is 0.833. The van der Waals surface area contributed by atoms with Gasteiger partial charge in [-0.05, 0) is 37.1 Å². The van der Waals surface area contributed by atoms with Crippen molar-refractivity contribution >= 4 is 23.2 Å². The maximum absolute atomic E-state index is 6.15. The molecule has 20 heavy (non-hydrogen) atoms. The van der Waals surface area contributed by atoms with E-state index in [1.807, 2.05) is 18.2 Å². The molecule has 2 heterocycles. The van der Waals surface area contributed by atoms with Crippen LogP contribution in [0.2, 0.25) is 10.0 Å². The highest BCUT2D eigenvalue weighted by atomic mass is 35.5. The van der Waals surface area contributed by atoms with Gasteiger partial charge in [0.25, 0.3) is 0 Å². The summed E-state index contributed by atoms with van der Waals surface area (Å²) in [6.45, 7) is 0.999. The third kappa shape index (κ3) is 2.97. The highest BCUT2D eigenvalue weighted by Crippen LogP contribution is 2.27. The van der Waals surface area contributed by atoms with E-state index in [2.05, 4.69) is 15.5 Å². The van der Waals surface area contributed by atoms with E-state index < -0.39 is 0 Å². The first-order valence-corrected chi connectivity index (χ1v) is 7.48. The Morgan fingerprint density at radius 1 is 1.25 bits per heavy atom. The molecular formula is C14H15Cl2N3O. The van der Waals surface area contributed by atoms with Crippen molar-refractivity contribution in [1.29, 1.82) is 0 Å². The molecule has 0 unspecified atom stereocenters. The van der Waals surface area contributed by atoms with Gasteiger partial charge >= 0.3 is 0 Å². The fourth-order valence-corrected chi connectivity index (χ4v) is 2.93. The molecule has 0 aliphatic carbocycles. The first-order chi connectivity index (χ1) is 9.74. The van der Waals surface area contributed by atoms with E-state index in [4.69, 9.17) is 27.7 Å². The molecule has 0 spiro atoms. The Labute approximate surface area is 127 Å². The minimum Gasteiger partial charge on any atom is -0.338 e. The lowest BCUT2D eigenvalue weighted by molar-refractivity contribution is 0.296. The minimum absolute atomic E-state index is 0.173. The first-order valence-electron chi connectivity index (χ1n) is 6.73. The van der Waals surface area contributed by atoms with E-state index in [-0.39, 0.29) is 6.04 Å². The number of nitrogens with one attached hydrogen (secondary N) is 1. The molecule has 0 saturated carbocycles. The second-order valence-corrected chi connectivity index (χ2v) is 5.74. The van der Waals surface area contributed by atoms with Gasteiger partial charge in [-0.2, -0.15) is 4.98 Å². The SMILES string of the molecule is Clc1cccc(Cl)c1Cc1noc([C@H]2CCCCN2)n1. The Bertz CT molecular complexity index is 574. The van der Waals surface area contributed by atoms with Crippen LogP contribution in [0.25, 0.3) is 0 Å². The second-order valence-electron chi connectivity index (χ2n) is 4.93. The maximum Gasteiger partial charge on any atom is 0.243 e. The molecule has 1 aliphatic rings. The molecule has 6 heteroatoms. The average Bonchev–Trinajstić information content (AvgIpc) is 2.93. The number of halogens is 2. The van der Waals surface area contributed by atoms with Gasteiger partial charge in [0, 0.05) is 16.5 Å². The number of hydrogen-bond acceptors (Lipinski definition) is 4. The summed E-state index contributed by atoms with van der Waals surface area (Å²) in [5, 5.41) is 8.66. The molecule has 1 N–H and O–H groups in total. The number of benzene rings is 1. The van der Waals surface area contributed by atoms with E-state index in [1.165, 1.54) is 12.8 Å². The topological polar surface area (TPSA) is 51.0 Å². The van der Waals surface area contributed by atoms with Crippen molar-refractivity contribution < 1.29 is 4.52 Å². The van der Waals surface area contributed by atoms with Crippen molar-refractivity contribution in [2.45, 2.75) is 31.7 Å². The van der Waals surface area contributed by atoms with Gasteiger partial charge in [-0.25, -0.2) is 0 Å². The van der Waals surface area contributed by atoms with Crippen molar-refractivity contribution in [3.05, 3.63) is 45.5 Å². The van der Waals surface area contributed by atoms with Crippen LogP contribution >= 0.6 is 23.2 Å². The lowest BCUT2D eigenvalue weighted by atomic mass is 10.1. The van der Waals surface area contributed by atoms with Gasteiger partial charge in [0.2, 0.25) is 5.89 Å². The average molecular weight is 312 g/mol. The van der Waals surface area contributed by atoms with E-state index in [9.17, 15) is 0 Å². The van der Waals surface area contributed by atoms with Gasteiger partial charge < -0.3 is 9.84 Å². The summed E-state index contributed by atoms with van der Waals surface area (Å²) in [5.74, 6) is 1.27. The lowest BCUT2D eigenvalue weighted by Gasteiger charge is -2.19. The van der Waals surface area contributed by atoms with E-state index >= 15 is 0 Å². The largest absolute Gasteiger partial charge is 0.338 e. The summed E-state index contributed by atoms with van der Waals surface area (Å²) in [6.07, 6.45) is 3.90. The normalized spacial score (nSPS) is 19.2. The van der Waals surface area contributed by atoms with Gasteiger partial charge in [0.15, 0.2) is 5.82 Å². The lowest BCUT2D eigenvalue weighted by Crippen LogP contribution is -2.27. The minimum atomic E-state index is 0.173. The molecule has 1 fully saturated rings. The number of rotatable bonds is 3. The summed E-state index contributed by atoms with van der Waals surface area (Å²) < 4.78 is 5.35. The predicted octanol–water partition coefficient (Wildman–Crippen LogP) is 3.78. The van der Waals surface area contributed by atoms with Crippen LogP contribution < -0.4 is 5.32 Å². The van der Waals surface area contributed by atoms with Gasteiger partial charge in [0.1, 0.15) is 0 Å². The fraction of sp³-hybridized carbons (Fsp3) is 0.429. The molecule has 106 valence electrons. The molecule has 0 amide bonds. The Balaban J connectivity index is 1.77. The standard InChI is InChI=1S/C14H15Cl2N3O/c15-10-4-3-5-11(16)9(10)8-13-18-14(20-19-13)12-6-1-2-7-17-12/h3-5,12,17H,1-2,6-8H2/t12-/m1/s1. The quantitative estimate of drug-likeness (QED) is 0.937. The molecule has 0 bridgehead atoms. The Hall–Kier alpha value is -1.10. The van der Waals surface area contributed by atoms with Crippen LogP contribution in [0.5, 0.6) is 0 Å². The molecule has 0 radical (unpaired) electrons. The first kappa shape index (κ1) is 13.9. The number of nitrogens with zero attached hydrogens (tertiary/aromatic N) is 2. The number of hydrogen-bond donors (Lipinski definition) is 1. The van der Waals surface area contributed by atoms with Crippen molar-refractivity contribution in [1.82, 2.24) is 15.5 Å². The second kappa shape index (κ2) is 6.12. The molecule has 3 rings (SSSR count). The van der Waals surface area contributed by atoms with Crippen LogP contribution in [-0.2, 0) is 6.42 Å². The molecule has 4 nitrogen and oxygen atoms in total. The summed E-state index contributed by atoms with van der Waals surface area (Å²) in [6, 6.07) is 5.62. The van der Waals surface area contributed by atoms with Crippen LogP contribution in [0, 0.1) is 0 Å². The zero-order valence-electron chi connectivity index (χ0n) is 10.9. The molecule has 1 aromatic heterocycles.